The molecule has 30 heavy (non-hydrogen) atoms. The van der Waals surface area contributed by atoms with Crippen LogP contribution in [-0.4, -0.2) is 34.3 Å². The first-order valence-corrected chi connectivity index (χ1v) is 12.2. The lowest BCUT2D eigenvalue weighted by Crippen LogP contribution is -2.44. The van der Waals surface area contributed by atoms with Crippen LogP contribution in [0.5, 0.6) is 0 Å². The number of rotatable bonds is 4. The summed E-state index contributed by atoms with van der Waals surface area (Å²) in [5.74, 6) is 1.22. The van der Waals surface area contributed by atoms with Crippen molar-refractivity contribution in [2.75, 3.05) is 6.54 Å². The topological polar surface area (TPSA) is 23.6 Å². The van der Waals surface area contributed by atoms with Crippen LogP contribution in [0.2, 0.25) is 5.02 Å². The van der Waals surface area contributed by atoms with Crippen LogP contribution in [0.25, 0.3) is 0 Å². The van der Waals surface area contributed by atoms with Crippen LogP contribution < -0.4 is 0 Å². The molecule has 0 unspecified atom stereocenters. The molecule has 3 aliphatic rings. The molecule has 0 bridgehead atoms. The molecule has 3 nitrogen and oxygen atoms in total. The first kappa shape index (κ1) is 20.5. The molecule has 3 fully saturated rings. The zero-order valence-corrected chi connectivity index (χ0v) is 19.8. The number of fused-ring (bicyclic) bond motifs is 3. The molecule has 0 spiro atoms. The number of amides is 1. The Morgan fingerprint density at radius 3 is 2.47 bits per heavy atom. The Morgan fingerprint density at radius 1 is 1.10 bits per heavy atom. The van der Waals surface area contributed by atoms with Gasteiger partial charge in [0.2, 0.25) is 5.91 Å². The molecule has 0 radical (unpaired) electrons. The Hall–Kier alpha value is -1.36. The molecular formula is C25H28BrClN2O. The summed E-state index contributed by atoms with van der Waals surface area (Å²) in [6, 6.07) is 17.6. The third kappa shape index (κ3) is 3.32. The number of hydrogen-bond donors (Lipinski definition) is 0. The Balaban J connectivity index is 1.53. The van der Waals surface area contributed by atoms with E-state index in [9.17, 15) is 4.79 Å². The summed E-state index contributed by atoms with van der Waals surface area (Å²) >= 11 is 9.64. The second-order valence-electron chi connectivity index (χ2n) is 9.37. The van der Waals surface area contributed by atoms with Gasteiger partial charge >= 0.3 is 0 Å². The molecule has 3 heterocycles. The highest BCUT2D eigenvalue weighted by Crippen LogP contribution is 2.56. The van der Waals surface area contributed by atoms with Gasteiger partial charge in [-0.25, -0.2) is 0 Å². The average Bonchev–Trinajstić information content (AvgIpc) is 3.37. The van der Waals surface area contributed by atoms with E-state index >= 15 is 0 Å². The summed E-state index contributed by atoms with van der Waals surface area (Å²) in [5, 5.41) is 0.737. The van der Waals surface area contributed by atoms with E-state index in [1.165, 1.54) is 18.4 Å². The van der Waals surface area contributed by atoms with E-state index in [1.54, 1.807) is 0 Å². The van der Waals surface area contributed by atoms with E-state index in [4.69, 9.17) is 11.6 Å². The van der Waals surface area contributed by atoms with E-state index in [1.807, 2.05) is 12.1 Å². The summed E-state index contributed by atoms with van der Waals surface area (Å²) in [4.78, 5) is 18.7. The molecule has 2 aromatic rings. The fourth-order valence-electron chi connectivity index (χ4n) is 6.35. The smallest absolute Gasteiger partial charge is 0.228 e. The van der Waals surface area contributed by atoms with Gasteiger partial charge in [-0.2, -0.15) is 0 Å². The second kappa shape index (κ2) is 7.96. The zero-order valence-electron chi connectivity index (χ0n) is 17.5. The highest BCUT2D eigenvalue weighted by molar-refractivity contribution is 9.10. The number of carbonyl (C=O) groups is 1. The van der Waals surface area contributed by atoms with Crippen LogP contribution in [0.1, 0.15) is 43.9 Å². The predicted octanol–water partition coefficient (Wildman–Crippen LogP) is 5.92. The predicted molar refractivity (Wildman–Crippen MR) is 124 cm³/mol. The monoisotopic (exact) mass is 486 g/mol. The third-order valence-electron chi connectivity index (χ3n) is 7.38. The maximum atomic E-state index is 13.9. The van der Waals surface area contributed by atoms with E-state index in [0.29, 0.717) is 30.3 Å². The Bertz CT molecular complexity index is 929. The van der Waals surface area contributed by atoms with Crippen LogP contribution in [-0.2, 0) is 11.3 Å². The lowest BCUT2D eigenvalue weighted by atomic mass is 9.79. The first-order valence-electron chi connectivity index (χ1n) is 11.0. The lowest BCUT2D eigenvalue weighted by Gasteiger charge is -2.35. The zero-order chi connectivity index (χ0) is 21.0. The van der Waals surface area contributed by atoms with Crippen molar-refractivity contribution in [3.63, 3.8) is 0 Å². The number of carbonyl (C=O) groups excluding carboxylic acids is 1. The van der Waals surface area contributed by atoms with Crippen molar-refractivity contribution in [2.24, 2.45) is 17.8 Å². The fraction of sp³-hybridized carbons (Fsp3) is 0.480. The molecule has 5 rings (SSSR count). The van der Waals surface area contributed by atoms with Crippen molar-refractivity contribution < 1.29 is 4.79 Å². The van der Waals surface area contributed by atoms with Gasteiger partial charge in [-0.05, 0) is 60.7 Å². The number of hydrogen-bond acceptors (Lipinski definition) is 2. The van der Waals surface area contributed by atoms with E-state index in [0.717, 1.165) is 21.6 Å². The van der Waals surface area contributed by atoms with Crippen LogP contribution >= 0.6 is 27.5 Å². The third-order valence-corrected chi connectivity index (χ3v) is 8.16. The molecule has 158 valence electrons. The molecule has 3 saturated heterocycles. The molecule has 5 atom stereocenters. The first-order chi connectivity index (χ1) is 14.5. The summed E-state index contributed by atoms with van der Waals surface area (Å²) in [6.45, 7) is 6.34. The summed E-state index contributed by atoms with van der Waals surface area (Å²) in [7, 11) is 0. The minimum absolute atomic E-state index is 0.0520. The lowest BCUT2D eigenvalue weighted by molar-refractivity contribution is -0.134. The maximum Gasteiger partial charge on any atom is 0.228 e. The van der Waals surface area contributed by atoms with Gasteiger partial charge in [0.15, 0.2) is 0 Å². The molecule has 0 aromatic heterocycles. The fourth-order valence-corrected chi connectivity index (χ4v) is 6.74. The number of benzene rings is 2. The Morgan fingerprint density at radius 2 is 1.80 bits per heavy atom. The minimum Gasteiger partial charge on any atom is -0.334 e. The molecule has 0 aliphatic carbocycles. The largest absolute Gasteiger partial charge is 0.334 e. The van der Waals surface area contributed by atoms with Gasteiger partial charge in [-0.15, -0.1) is 0 Å². The van der Waals surface area contributed by atoms with Crippen molar-refractivity contribution in [3.8, 4) is 0 Å². The van der Waals surface area contributed by atoms with Crippen molar-refractivity contribution in [1.82, 2.24) is 9.80 Å². The summed E-state index contributed by atoms with van der Waals surface area (Å²) in [6.07, 6.45) is 2.44. The van der Waals surface area contributed by atoms with Crippen molar-refractivity contribution in [3.05, 3.63) is 69.2 Å². The number of nitrogens with zero attached hydrogens (tertiary/aromatic N) is 2. The molecule has 5 heteroatoms. The molecule has 0 N–H and O–H groups in total. The normalized spacial score (nSPS) is 30.9. The molecular weight excluding hydrogens is 460 g/mol. The van der Waals surface area contributed by atoms with Crippen LogP contribution in [0, 0.1) is 17.8 Å². The quantitative estimate of drug-likeness (QED) is 0.534. The maximum absolute atomic E-state index is 13.9. The van der Waals surface area contributed by atoms with Gasteiger partial charge in [0.05, 0.1) is 5.92 Å². The van der Waals surface area contributed by atoms with Gasteiger partial charge in [0.25, 0.3) is 0 Å². The van der Waals surface area contributed by atoms with Crippen molar-refractivity contribution >= 4 is 33.4 Å². The average molecular weight is 488 g/mol. The molecule has 2 aromatic carbocycles. The standard InChI is InChI=1S/C25H28BrClN2O/c1-15(2)23-21-20-4-3-13-28(20)24(17-7-9-18(26)10-8-17)22(21)25(30)29(23)14-16-5-11-19(27)12-6-16/h5-12,15,20-24H,3-4,13-14H2,1-2H3/t20-,21-,22-,23+,24-/m0/s1. The molecule has 3 aliphatic heterocycles. The van der Waals surface area contributed by atoms with E-state index < -0.39 is 0 Å². The molecule has 0 saturated carbocycles. The van der Waals surface area contributed by atoms with Crippen molar-refractivity contribution in [1.29, 1.82) is 0 Å². The van der Waals surface area contributed by atoms with Crippen LogP contribution in [0.4, 0.5) is 0 Å². The highest BCUT2D eigenvalue weighted by Gasteiger charge is 2.62. The highest BCUT2D eigenvalue weighted by atomic mass is 79.9. The van der Waals surface area contributed by atoms with Gasteiger partial charge in [-0.1, -0.05) is 65.6 Å². The summed E-state index contributed by atoms with van der Waals surface area (Å²) in [5.41, 5.74) is 2.43. The van der Waals surface area contributed by atoms with Crippen molar-refractivity contribution in [2.45, 2.75) is 51.4 Å². The van der Waals surface area contributed by atoms with Crippen LogP contribution in [0.3, 0.4) is 0 Å². The number of halogens is 2. The SMILES string of the molecule is CC(C)[C@@H]1[C@@H]2[C@H](C(=O)N1Cc1ccc(Cl)cc1)[C@H](c1ccc(Br)cc1)N1CCC[C@@H]21. The van der Waals surface area contributed by atoms with Gasteiger partial charge in [0, 0.05) is 40.1 Å². The minimum atomic E-state index is 0.0520. The molecule has 1 amide bonds. The van der Waals surface area contributed by atoms with E-state index in [2.05, 4.69) is 76.0 Å². The van der Waals surface area contributed by atoms with Gasteiger partial charge < -0.3 is 4.90 Å². The Labute approximate surface area is 192 Å². The second-order valence-corrected chi connectivity index (χ2v) is 10.7. The number of likely N-dealkylation sites (tertiary alicyclic amines) is 1. The van der Waals surface area contributed by atoms with Crippen LogP contribution in [0.15, 0.2) is 53.0 Å². The Kier molecular flexibility index (Phi) is 5.45. The van der Waals surface area contributed by atoms with Gasteiger partial charge in [-0.3, -0.25) is 9.69 Å². The summed E-state index contributed by atoms with van der Waals surface area (Å²) < 4.78 is 1.08. The van der Waals surface area contributed by atoms with E-state index in [-0.39, 0.29) is 18.0 Å². The van der Waals surface area contributed by atoms with Gasteiger partial charge in [0.1, 0.15) is 0 Å².